The van der Waals surface area contributed by atoms with E-state index in [9.17, 15) is 0 Å². The lowest BCUT2D eigenvalue weighted by molar-refractivity contribution is 0.207. The van der Waals surface area contributed by atoms with Gasteiger partial charge in [0.2, 0.25) is 0 Å². The van der Waals surface area contributed by atoms with Crippen LogP contribution in [0, 0.1) is 0 Å². The van der Waals surface area contributed by atoms with Crippen molar-refractivity contribution in [3.63, 3.8) is 0 Å². The number of benzene rings is 1. The first-order chi connectivity index (χ1) is 9.29. The molecule has 0 bridgehead atoms. The predicted octanol–water partition coefficient (Wildman–Crippen LogP) is 1.58. The molecule has 1 saturated heterocycles. The van der Waals surface area contributed by atoms with Gasteiger partial charge in [0, 0.05) is 25.7 Å². The van der Waals surface area contributed by atoms with Gasteiger partial charge in [0.15, 0.2) is 0 Å². The molecule has 2 rings (SSSR count). The Kier molecular flexibility index (Phi) is 5.83. The molecule has 1 atom stereocenters. The Morgan fingerprint density at radius 1 is 1.21 bits per heavy atom. The molecule has 1 heterocycles. The molecule has 1 aromatic carbocycles. The summed E-state index contributed by atoms with van der Waals surface area (Å²) in [5.74, 6) is 0. The number of hydrogen-bond donors (Lipinski definition) is 1. The Balaban J connectivity index is 1.79. The predicted molar refractivity (Wildman–Crippen MR) is 81.3 cm³/mol. The van der Waals surface area contributed by atoms with E-state index in [0.717, 1.165) is 19.5 Å². The van der Waals surface area contributed by atoms with Gasteiger partial charge < -0.3 is 15.5 Å². The van der Waals surface area contributed by atoms with Crippen molar-refractivity contribution in [2.24, 2.45) is 5.73 Å². The minimum absolute atomic E-state index is 0.449. The summed E-state index contributed by atoms with van der Waals surface area (Å²) in [5, 5.41) is 0. The van der Waals surface area contributed by atoms with Crippen LogP contribution in [-0.4, -0.2) is 55.6 Å². The summed E-state index contributed by atoms with van der Waals surface area (Å²) in [6, 6.07) is 11.1. The van der Waals surface area contributed by atoms with Crippen LogP contribution >= 0.6 is 0 Å². The fourth-order valence-corrected chi connectivity index (χ4v) is 2.79. The van der Waals surface area contributed by atoms with Crippen LogP contribution in [0.3, 0.4) is 0 Å². The lowest BCUT2D eigenvalue weighted by Crippen LogP contribution is -2.43. The maximum atomic E-state index is 5.95. The van der Waals surface area contributed by atoms with Gasteiger partial charge in [0.1, 0.15) is 0 Å². The van der Waals surface area contributed by atoms with Crippen LogP contribution < -0.4 is 5.73 Å². The minimum atomic E-state index is 0.449. The number of likely N-dealkylation sites (tertiary alicyclic amines) is 1. The van der Waals surface area contributed by atoms with E-state index >= 15 is 0 Å². The van der Waals surface area contributed by atoms with E-state index in [1.54, 1.807) is 0 Å². The molecule has 1 aliphatic rings. The smallest absolute Gasteiger partial charge is 0.0256 e. The average molecular weight is 261 g/mol. The molecule has 2 N–H and O–H groups in total. The van der Waals surface area contributed by atoms with Crippen molar-refractivity contribution in [3.8, 4) is 0 Å². The van der Waals surface area contributed by atoms with E-state index in [4.69, 9.17) is 5.73 Å². The van der Waals surface area contributed by atoms with Crippen LogP contribution in [0.25, 0.3) is 0 Å². The monoisotopic (exact) mass is 261 g/mol. The van der Waals surface area contributed by atoms with E-state index in [1.807, 2.05) is 0 Å². The second-order valence-electron chi connectivity index (χ2n) is 5.61. The molecule has 0 radical (unpaired) electrons. The van der Waals surface area contributed by atoms with Crippen LogP contribution in [0.2, 0.25) is 0 Å². The van der Waals surface area contributed by atoms with Crippen molar-refractivity contribution in [3.05, 3.63) is 35.9 Å². The maximum absolute atomic E-state index is 5.95. The summed E-state index contributed by atoms with van der Waals surface area (Å²) in [6.45, 7) is 5.58. The fraction of sp³-hybridized carbons (Fsp3) is 0.625. The third-order valence-electron chi connectivity index (χ3n) is 4.18. The lowest BCUT2D eigenvalue weighted by atomic mass is 10.1. The normalized spacial score (nSPS) is 18.1. The number of hydrogen-bond acceptors (Lipinski definition) is 3. The summed E-state index contributed by atoms with van der Waals surface area (Å²) in [7, 11) is 2.20. The van der Waals surface area contributed by atoms with Crippen molar-refractivity contribution < 1.29 is 0 Å². The van der Waals surface area contributed by atoms with Crippen LogP contribution in [0.5, 0.6) is 0 Å². The largest absolute Gasteiger partial charge is 0.329 e. The molecule has 0 aliphatic carbocycles. The van der Waals surface area contributed by atoms with E-state index in [1.165, 1.54) is 38.0 Å². The summed E-state index contributed by atoms with van der Waals surface area (Å²) in [6.07, 6.45) is 3.79. The van der Waals surface area contributed by atoms with Crippen LogP contribution in [0.4, 0.5) is 0 Å². The van der Waals surface area contributed by atoms with Gasteiger partial charge in [-0.3, -0.25) is 0 Å². The Labute approximate surface area is 117 Å². The summed E-state index contributed by atoms with van der Waals surface area (Å²) < 4.78 is 0. The first-order valence-electron chi connectivity index (χ1n) is 7.46. The Morgan fingerprint density at radius 3 is 2.53 bits per heavy atom. The molecular formula is C16H27N3. The average Bonchev–Trinajstić information content (AvgIpc) is 2.96. The Morgan fingerprint density at radius 2 is 1.89 bits per heavy atom. The number of nitrogens with zero attached hydrogens (tertiary/aromatic N) is 2. The van der Waals surface area contributed by atoms with Gasteiger partial charge in [-0.05, 0) is 45.0 Å². The third kappa shape index (κ3) is 4.60. The van der Waals surface area contributed by atoms with Gasteiger partial charge in [-0.2, -0.15) is 0 Å². The molecule has 0 saturated carbocycles. The molecule has 0 spiro atoms. The SMILES string of the molecule is CN(CCN1CCCC1)C(CN)Cc1ccccc1. The quantitative estimate of drug-likeness (QED) is 0.809. The van der Waals surface area contributed by atoms with Gasteiger partial charge in [0.05, 0.1) is 0 Å². The molecular weight excluding hydrogens is 234 g/mol. The van der Waals surface area contributed by atoms with Crippen LogP contribution in [0.15, 0.2) is 30.3 Å². The van der Waals surface area contributed by atoms with Crippen molar-refractivity contribution in [1.82, 2.24) is 9.80 Å². The fourth-order valence-electron chi connectivity index (χ4n) is 2.79. The van der Waals surface area contributed by atoms with Crippen molar-refractivity contribution in [1.29, 1.82) is 0 Å². The first kappa shape index (κ1) is 14.5. The molecule has 1 aromatic rings. The highest BCUT2D eigenvalue weighted by atomic mass is 15.2. The zero-order valence-corrected chi connectivity index (χ0v) is 12.1. The van der Waals surface area contributed by atoms with Gasteiger partial charge in [-0.15, -0.1) is 0 Å². The van der Waals surface area contributed by atoms with Crippen LogP contribution in [-0.2, 0) is 6.42 Å². The number of nitrogens with two attached hydrogens (primary N) is 1. The minimum Gasteiger partial charge on any atom is -0.329 e. The summed E-state index contributed by atoms with van der Waals surface area (Å²) >= 11 is 0. The lowest BCUT2D eigenvalue weighted by Gasteiger charge is -2.29. The van der Waals surface area contributed by atoms with Crippen LogP contribution in [0.1, 0.15) is 18.4 Å². The summed E-state index contributed by atoms with van der Waals surface area (Å²) in [4.78, 5) is 4.98. The maximum Gasteiger partial charge on any atom is 0.0256 e. The van der Waals surface area contributed by atoms with E-state index in [-0.39, 0.29) is 0 Å². The molecule has 1 aliphatic heterocycles. The molecule has 1 fully saturated rings. The highest BCUT2D eigenvalue weighted by Crippen LogP contribution is 2.09. The zero-order chi connectivity index (χ0) is 13.5. The second kappa shape index (κ2) is 7.63. The van der Waals surface area contributed by atoms with Gasteiger partial charge >= 0.3 is 0 Å². The highest BCUT2D eigenvalue weighted by Gasteiger charge is 2.16. The highest BCUT2D eigenvalue weighted by molar-refractivity contribution is 5.16. The van der Waals surface area contributed by atoms with Crippen molar-refractivity contribution in [2.45, 2.75) is 25.3 Å². The Bertz CT molecular complexity index is 346. The molecule has 3 heteroatoms. The molecule has 1 unspecified atom stereocenters. The third-order valence-corrected chi connectivity index (χ3v) is 4.18. The standard InChI is InChI=1S/C16H27N3/c1-18(11-12-19-9-5-6-10-19)16(14-17)13-15-7-3-2-4-8-15/h2-4,7-8,16H,5-6,9-14,17H2,1H3. The van der Waals surface area contributed by atoms with Crippen molar-refractivity contribution in [2.75, 3.05) is 39.8 Å². The van der Waals surface area contributed by atoms with E-state index in [0.29, 0.717) is 6.04 Å². The second-order valence-corrected chi connectivity index (χ2v) is 5.61. The van der Waals surface area contributed by atoms with Gasteiger partial charge in [-0.25, -0.2) is 0 Å². The number of rotatable bonds is 7. The topological polar surface area (TPSA) is 32.5 Å². The van der Waals surface area contributed by atoms with Crippen molar-refractivity contribution >= 4 is 0 Å². The molecule has 0 amide bonds. The van der Waals surface area contributed by atoms with E-state index in [2.05, 4.69) is 47.2 Å². The molecule has 19 heavy (non-hydrogen) atoms. The zero-order valence-electron chi connectivity index (χ0n) is 12.1. The number of likely N-dealkylation sites (N-methyl/N-ethyl adjacent to an activating group) is 1. The summed E-state index contributed by atoms with van der Waals surface area (Å²) in [5.41, 5.74) is 7.33. The van der Waals surface area contributed by atoms with Gasteiger partial charge in [0.25, 0.3) is 0 Å². The van der Waals surface area contributed by atoms with E-state index < -0.39 is 0 Å². The molecule has 106 valence electrons. The molecule has 3 nitrogen and oxygen atoms in total. The molecule has 0 aromatic heterocycles. The Hall–Kier alpha value is -0.900. The van der Waals surface area contributed by atoms with Gasteiger partial charge in [-0.1, -0.05) is 30.3 Å². The first-order valence-corrected chi connectivity index (χ1v) is 7.46.